The fourth-order valence-corrected chi connectivity index (χ4v) is 4.76. The van der Waals surface area contributed by atoms with Crippen molar-refractivity contribution in [3.8, 4) is 0 Å². The molecular weight excluding hydrogens is 368 g/mol. The molecule has 0 radical (unpaired) electrons. The lowest BCUT2D eigenvalue weighted by Gasteiger charge is -2.40. The second kappa shape index (κ2) is 7.86. The minimum absolute atomic E-state index is 0.0640. The van der Waals surface area contributed by atoms with E-state index in [0.717, 1.165) is 76.0 Å². The van der Waals surface area contributed by atoms with Crippen molar-refractivity contribution in [3.63, 3.8) is 0 Å². The first-order valence-corrected chi connectivity index (χ1v) is 10.8. The Balaban J connectivity index is 1.32. The Hall–Kier alpha value is -2.28. The van der Waals surface area contributed by atoms with Crippen molar-refractivity contribution in [1.29, 1.82) is 0 Å². The molecule has 29 heavy (non-hydrogen) atoms. The van der Waals surface area contributed by atoms with Crippen molar-refractivity contribution in [2.24, 2.45) is 5.92 Å². The van der Waals surface area contributed by atoms with Crippen molar-refractivity contribution in [2.45, 2.75) is 56.3 Å². The normalized spacial score (nSPS) is 22.6. The Labute approximate surface area is 170 Å². The third kappa shape index (κ3) is 3.92. The van der Waals surface area contributed by atoms with Gasteiger partial charge in [0.15, 0.2) is 5.82 Å². The summed E-state index contributed by atoms with van der Waals surface area (Å²) in [6.45, 7) is 2.98. The number of piperidine rings is 1. The molecule has 0 atom stereocenters. The number of hydrogen-bond donors (Lipinski definition) is 0. The van der Waals surface area contributed by atoms with Crippen molar-refractivity contribution >= 4 is 5.91 Å². The van der Waals surface area contributed by atoms with Gasteiger partial charge in [0.2, 0.25) is 5.89 Å². The lowest BCUT2D eigenvalue weighted by molar-refractivity contribution is 0.0645. The summed E-state index contributed by atoms with van der Waals surface area (Å²) in [6, 6.07) is 3.65. The number of ether oxygens (including phenoxy) is 1. The summed E-state index contributed by atoms with van der Waals surface area (Å²) in [7, 11) is 0. The molecule has 0 N–H and O–H groups in total. The first-order valence-electron chi connectivity index (χ1n) is 10.8. The molecule has 0 unspecified atom stereocenters. The molecule has 7 heteroatoms. The average Bonchev–Trinajstić information content (AvgIpc) is 3.45. The number of amides is 1. The van der Waals surface area contributed by atoms with Gasteiger partial charge in [-0.3, -0.25) is 9.78 Å². The van der Waals surface area contributed by atoms with Crippen molar-refractivity contribution in [1.82, 2.24) is 20.0 Å². The van der Waals surface area contributed by atoms with Gasteiger partial charge in [-0.2, -0.15) is 4.98 Å². The zero-order chi connectivity index (χ0) is 19.7. The lowest BCUT2D eigenvalue weighted by atomic mass is 9.73. The highest BCUT2D eigenvalue weighted by Gasteiger charge is 2.45. The van der Waals surface area contributed by atoms with Gasteiger partial charge >= 0.3 is 0 Å². The largest absolute Gasteiger partial charge is 0.381 e. The Morgan fingerprint density at radius 3 is 2.66 bits per heavy atom. The van der Waals surface area contributed by atoms with E-state index < -0.39 is 0 Å². The maximum Gasteiger partial charge on any atom is 0.255 e. The van der Waals surface area contributed by atoms with E-state index in [2.05, 4.69) is 10.1 Å². The minimum Gasteiger partial charge on any atom is -0.381 e. The van der Waals surface area contributed by atoms with E-state index in [-0.39, 0.29) is 11.3 Å². The van der Waals surface area contributed by atoms with Crippen LogP contribution in [0.5, 0.6) is 0 Å². The van der Waals surface area contributed by atoms with Gasteiger partial charge < -0.3 is 14.2 Å². The molecule has 0 spiro atoms. The second-order valence-corrected chi connectivity index (χ2v) is 8.80. The number of rotatable bonds is 5. The van der Waals surface area contributed by atoms with Gasteiger partial charge in [0.25, 0.3) is 5.91 Å². The van der Waals surface area contributed by atoms with Gasteiger partial charge in [0.05, 0.1) is 5.56 Å². The van der Waals surface area contributed by atoms with E-state index >= 15 is 0 Å². The summed E-state index contributed by atoms with van der Waals surface area (Å²) in [4.78, 5) is 23.7. The lowest BCUT2D eigenvalue weighted by Crippen LogP contribution is -2.46. The van der Waals surface area contributed by atoms with Gasteiger partial charge in [-0.15, -0.1) is 0 Å². The maximum absolute atomic E-state index is 12.8. The summed E-state index contributed by atoms with van der Waals surface area (Å²) in [5.74, 6) is 2.77. The fraction of sp³-hybridized carbons (Fsp3) is 0.636. The summed E-state index contributed by atoms with van der Waals surface area (Å²) in [6.07, 6.45) is 10.7. The highest BCUT2D eigenvalue weighted by atomic mass is 16.5. The first kappa shape index (κ1) is 18.7. The molecule has 1 amide bonds. The van der Waals surface area contributed by atoms with Crippen LogP contribution in [0.1, 0.15) is 72.9 Å². The number of carbonyl (C=O) groups is 1. The molecule has 4 heterocycles. The van der Waals surface area contributed by atoms with Crippen LogP contribution >= 0.6 is 0 Å². The van der Waals surface area contributed by atoms with Gasteiger partial charge in [-0.25, -0.2) is 0 Å². The molecule has 3 fully saturated rings. The topological polar surface area (TPSA) is 81.4 Å². The molecule has 2 aliphatic heterocycles. The predicted octanol–water partition coefficient (Wildman–Crippen LogP) is 3.33. The number of nitrogens with zero attached hydrogens (tertiary/aromatic N) is 4. The molecule has 2 saturated heterocycles. The van der Waals surface area contributed by atoms with Crippen LogP contribution in [0.3, 0.4) is 0 Å². The molecule has 1 aliphatic carbocycles. The van der Waals surface area contributed by atoms with Crippen LogP contribution in [-0.4, -0.2) is 52.2 Å². The third-order valence-electron chi connectivity index (χ3n) is 6.78. The Morgan fingerprint density at radius 1 is 1.17 bits per heavy atom. The number of likely N-dealkylation sites (tertiary alicyclic amines) is 1. The summed E-state index contributed by atoms with van der Waals surface area (Å²) >= 11 is 0. The van der Waals surface area contributed by atoms with Crippen LogP contribution in [-0.2, 0) is 10.2 Å². The van der Waals surface area contributed by atoms with Crippen LogP contribution in [0.4, 0.5) is 0 Å². The predicted molar refractivity (Wildman–Crippen MR) is 105 cm³/mol. The Kier molecular flexibility index (Phi) is 5.08. The Morgan fingerprint density at radius 2 is 1.97 bits per heavy atom. The second-order valence-electron chi connectivity index (χ2n) is 8.80. The van der Waals surface area contributed by atoms with Crippen molar-refractivity contribution in [2.75, 3.05) is 26.3 Å². The molecule has 0 bridgehead atoms. The smallest absolute Gasteiger partial charge is 0.255 e. The molecular formula is C22H28N4O3. The third-order valence-corrected chi connectivity index (χ3v) is 6.78. The van der Waals surface area contributed by atoms with Crippen molar-refractivity contribution < 1.29 is 14.1 Å². The molecule has 7 nitrogen and oxygen atoms in total. The fourth-order valence-electron chi connectivity index (χ4n) is 4.76. The van der Waals surface area contributed by atoms with Crippen LogP contribution < -0.4 is 0 Å². The quantitative estimate of drug-likeness (QED) is 0.771. The van der Waals surface area contributed by atoms with E-state index in [4.69, 9.17) is 14.2 Å². The van der Waals surface area contributed by atoms with Crippen LogP contribution in [0.2, 0.25) is 0 Å². The number of hydrogen-bond acceptors (Lipinski definition) is 6. The molecule has 2 aromatic heterocycles. The van der Waals surface area contributed by atoms with E-state index in [1.807, 2.05) is 17.0 Å². The molecule has 0 aromatic carbocycles. The monoisotopic (exact) mass is 396 g/mol. The van der Waals surface area contributed by atoms with Gasteiger partial charge in [0.1, 0.15) is 0 Å². The van der Waals surface area contributed by atoms with Gasteiger partial charge in [0, 0.05) is 50.0 Å². The molecule has 2 aromatic rings. The summed E-state index contributed by atoms with van der Waals surface area (Å²) in [5.41, 5.74) is 0.586. The van der Waals surface area contributed by atoms with Gasteiger partial charge in [-0.05, 0) is 50.2 Å². The molecule has 5 rings (SSSR count). The number of pyridine rings is 1. The van der Waals surface area contributed by atoms with E-state index in [1.54, 1.807) is 12.4 Å². The standard InChI is InChI=1S/C22H28N4O3/c27-20(18-2-1-9-23-15-18)26-10-7-22(8-11-26,14-16-3-4-16)21-24-19(29-25-21)17-5-12-28-13-6-17/h1-2,9,15-17H,3-8,10-14H2. The maximum atomic E-state index is 12.8. The van der Waals surface area contributed by atoms with E-state index in [9.17, 15) is 4.79 Å². The van der Waals surface area contributed by atoms with E-state index in [1.165, 1.54) is 12.8 Å². The van der Waals surface area contributed by atoms with E-state index in [0.29, 0.717) is 11.5 Å². The zero-order valence-electron chi connectivity index (χ0n) is 16.8. The van der Waals surface area contributed by atoms with Crippen molar-refractivity contribution in [3.05, 3.63) is 41.8 Å². The van der Waals surface area contributed by atoms with Gasteiger partial charge in [-0.1, -0.05) is 18.0 Å². The minimum atomic E-state index is -0.0696. The van der Waals surface area contributed by atoms with Crippen LogP contribution in [0.15, 0.2) is 29.0 Å². The Bertz CT molecular complexity index is 835. The molecule has 154 valence electrons. The SMILES string of the molecule is O=C(c1cccnc1)N1CCC(CC2CC2)(c2noc(C3CCOCC3)n2)CC1. The highest BCUT2D eigenvalue weighted by Crippen LogP contribution is 2.47. The molecule has 1 saturated carbocycles. The zero-order valence-corrected chi connectivity index (χ0v) is 16.8. The molecule has 3 aliphatic rings. The summed E-state index contributed by atoms with van der Waals surface area (Å²) < 4.78 is 11.2. The number of aromatic nitrogens is 3. The number of carbonyl (C=O) groups excluding carboxylic acids is 1. The first-order chi connectivity index (χ1) is 14.2. The van der Waals surface area contributed by atoms with Crippen LogP contribution in [0, 0.1) is 5.92 Å². The van der Waals surface area contributed by atoms with Crippen LogP contribution in [0.25, 0.3) is 0 Å². The average molecular weight is 396 g/mol. The summed E-state index contributed by atoms with van der Waals surface area (Å²) in [5, 5.41) is 4.46. The highest BCUT2D eigenvalue weighted by molar-refractivity contribution is 5.93.